The molecule has 0 unspecified atom stereocenters. The van der Waals surface area contributed by atoms with Gasteiger partial charge >= 0.3 is 0 Å². The lowest BCUT2D eigenvalue weighted by Gasteiger charge is -2.23. The Hall–Kier alpha value is -2.96. The first-order valence-corrected chi connectivity index (χ1v) is 8.39. The van der Waals surface area contributed by atoms with Crippen molar-refractivity contribution >= 4 is 22.6 Å². The van der Waals surface area contributed by atoms with E-state index in [4.69, 9.17) is 0 Å². The van der Waals surface area contributed by atoms with E-state index in [0.29, 0.717) is 24.2 Å². The number of aryl methyl sites for hydroxylation is 1. The maximum absolute atomic E-state index is 13.0. The summed E-state index contributed by atoms with van der Waals surface area (Å²) in [5, 5.41) is 12.0. The van der Waals surface area contributed by atoms with E-state index >= 15 is 0 Å². The molecule has 0 radical (unpaired) electrons. The molecule has 0 spiro atoms. The fourth-order valence-electron chi connectivity index (χ4n) is 3.47. The van der Waals surface area contributed by atoms with Crippen LogP contribution in [0.25, 0.3) is 10.9 Å². The van der Waals surface area contributed by atoms with Crippen molar-refractivity contribution in [2.24, 2.45) is 7.05 Å². The molecule has 1 saturated heterocycles. The highest BCUT2D eigenvalue weighted by Crippen LogP contribution is 2.25. The first-order valence-electron chi connectivity index (χ1n) is 8.39. The Morgan fingerprint density at radius 1 is 1.32 bits per heavy atom. The molecule has 3 aromatic rings. The summed E-state index contributed by atoms with van der Waals surface area (Å²) in [6.45, 7) is 0.658. The van der Waals surface area contributed by atoms with Crippen LogP contribution in [0.4, 0.5) is 0 Å². The van der Waals surface area contributed by atoms with Crippen LogP contribution in [0.5, 0.6) is 0 Å². The summed E-state index contributed by atoms with van der Waals surface area (Å²) in [5.41, 5.74) is 1.86. The Morgan fingerprint density at radius 2 is 2.16 bits per heavy atom. The van der Waals surface area contributed by atoms with Gasteiger partial charge in [0.1, 0.15) is 0 Å². The summed E-state index contributed by atoms with van der Waals surface area (Å²) in [7, 11) is 1.78. The Kier molecular flexibility index (Phi) is 3.83. The number of H-pyrrole nitrogens is 1. The van der Waals surface area contributed by atoms with E-state index in [-0.39, 0.29) is 17.7 Å². The highest BCUT2D eigenvalue weighted by Gasteiger charge is 2.33. The Bertz CT molecular complexity index is 942. The molecule has 0 aliphatic carbocycles. The van der Waals surface area contributed by atoms with Gasteiger partial charge in [0.25, 0.3) is 5.91 Å². The first-order chi connectivity index (χ1) is 12.1. The zero-order valence-electron chi connectivity index (χ0n) is 14.0. The van der Waals surface area contributed by atoms with Crippen molar-refractivity contribution in [1.29, 1.82) is 0 Å². The number of hydrogen-bond donors (Lipinski definition) is 1. The third-order valence-corrected chi connectivity index (χ3v) is 4.76. The summed E-state index contributed by atoms with van der Waals surface area (Å²) < 4.78 is 1.61. The summed E-state index contributed by atoms with van der Waals surface area (Å²) in [6.07, 6.45) is 5.34. The number of aromatic amines is 1. The van der Waals surface area contributed by atoms with E-state index in [1.807, 2.05) is 24.3 Å². The van der Waals surface area contributed by atoms with Gasteiger partial charge in [0.15, 0.2) is 11.5 Å². The number of carbonyl (C=O) groups is 2. The molecule has 0 bridgehead atoms. The van der Waals surface area contributed by atoms with E-state index in [9.17, 15) is 9.59 Å². The minimum atomic E-state index is -0.112. The minimum absolute atomic E-state index is 0.0182. The topological polar surface area (TPSA) is 83.9 Å². The van der Waals surface area contributed by atoms with E-state index in [1.54, 1.807) is 29.0 Å². The van der Waals surface area contributed by atoms with Gasteiger partial charge in [0.2, 0.25) is 0 Å². The molecule has 4 rings (SSSR count). The average Bonchev–Trinajstić information content (AvgIpc) is 3.33. The van der Waals surface area contributed by atoms with Crippen LogP contribution in [0.15, 0.2) is 36.7 Å². The van der Waals surface area contributed by atoms with Crippen molar-refractivity contribution in [1.82, 2.24) is 24.9 Å². The molecular formula is C18H19N5O2. The van der Waals surface area contributed by atoms with Crippen molar-refractivity contribution in [3.05, 3.63) is 47.9 Å². The van der Waals surface area contributed by atoms with Crippen molar-refractivity contribution in [3.63, 3.8) is 0 Å². The quantitative estimate of drug-likeness (QED) is 0.740. The lowest BCUT2D eigenvalue weighted by atomic mass is 10.0. The highest BCUT2D eigenvalue weighted by molar-refractivity contribution is 6.05. The molecule has 7 heteroatoms. The smallest absolute Gasteiger partial charge is 0.275 e. The van der Waals surface area contributed by atoms with Gasteiger partial charge in [-0.05, 0) is 18.9 Å². The zero-order valence-corrected chi connectivity index (χ0v) is 14.0. The third kappa shape index (κ3) is 2.82. The molecule has 1 aliphatic heterocycles. The predicted octanol–water partition coefficient (Wildman–Crippen LogP) is 2.17. The fourth-order valence-corrected chi connectivity index (χ4v) is 3.47. The maximum atomic E-state index is 13.0. The van der Waals surface area contributed by atoms with Gasteiger partial charge in [-0.3, -0.25) is 19.4 Å². The second-order valence-corrected chi connectivity index (χ2v) is 6.44. The van der Waals surface area contributed by atoms with Gasteiger partial charge in [-0.2, -0.15) is 10.2 Å². The van der Waals surface area contributed by atoms with E-state index in [2.05, 4.69) is 15.3 Å². The number of carbonyl (C=O) groups excluding carboxylic acids is 2. The van der Waals surface area contributed by atoms with Gasteiger partial charge < -0.3 is 4.90 Å². The van der Waals surface area contributed by atoms with Gasteiger partial charge in [-0.25, -0.2) is 0 Å². The Labute approximate surface area is 144 Å². The largest absolute Gasteiger partial charge is 0.334 e. The van der Waals surface area contributed by atoms with E-state index < -0.39 is 0 Å². The molecular weight excluding hydrogens is 318 g/mol. The van der Waals surface area contributed by atoms with Gasteiger partial charge in [-0.15, -0.1) is 0 Å². The molecule has 1 aromatic carbocycles. The van der Waals surface area contributed by atoms with Crippen molar-refractivity contribution in [2.75, 3.05) is 6.54 Å². The molecule has 128 valence electrons. The molecule has 2 aromatic heterocycles. The summed E-state index contributed by atoms with van der Waals surface area (Å²) in [5.74, 6) is -0.0939. The minimum Gasteiger partial charge on any atom is -0.334 e. The average molecular weight is 337 g/mol. The molecule has 7 nitrogen and oxygen atoms in total. The van der Waals surface area contributed by atoms with Crippen LogP contribution in [-0.2, 0) is 7.05 Å². The normalized spacial score (nSPS) is 17.3. The van der Waals surface area contributed by atoms with E-state index in [0.717, 1.165) is 23.7 Å². The number of hydrogen-bond acceptors (Lipinski definition) is 4. The number of fused-ring (bicyclic) bond motifs is 1. The third-order valence-electron chi connectivity index (χ3n) is 4.76. The van der Waals surface area contributed by atoms with Crippen LogP contribution in [0.2, 0.25) is 0 Å². The summed E-state index contributed by atoms with van der Waals surface area (Å²) >= 11 is 0. The Balaban J connectivity index is 1.55. The fraction of sp³-hybridized carbons (Fsp3) is 0.333. The Morgan fingerprint density at radius 3 is 2.96 bits per heavy atom. The highest BCUT2D eigenvalue weighted by atomic mass is 16.2. The monoisotopic (exact) mass is 337 g/mol. The molecule has 1 atom stereocenters. The SMILES string of the molecule is Cn1cc(C(=O)C[C@H]2CCCN2C(=O)c2n[nH]c3ccccc23)cn1. The maximum Gasteiger partial charge on any atom is 0.275 e. The molecule has 1 N–H and O–H groups in total. The van der Waals surface area contributed by atoms with Crippen molar-refractivity contribution in [2.45, 2.75) is 25.3 Å². The number of nitrogens with one attached hydrogen (secondary N) is 1. The summed E-state index contributed by atoms with van der Waals surface area (Å²) in [4.78, 5) is 27.2. The summed E-state index contributed by atoms with van der Waals surface area (Å²) in [6, 6.07) is 7.49. The number of para-hydroxylation sites is 1. The number of benzene rings is 1. The number of ketones is 1. The zero-order chi connectivity index (χ0) is 17.4. The molecule has 0 saturated carbocycles. The van der Waals surface area contributed by atoms with Gasteiger partial charge in [0, 0.05) is 37.6 Å². The molecule has 1 amide bonds. The van der Waals surface area contributed by atoms with Crippen LogP contribution in [0.1, 0.15) is 40.1 Å². The van der Waals surface area contributed by atoms with Crippen LogP contribution in [-0.4, -0.2) is 49.2 Å². The lowest BCUT2D eigenvalue weighted by molar-refractivity contribution is 0.0713. The second-order valence-electron chi connectivity index (χ2n) is 6.44. The van der Waals surface area contributed by atoms with Crippen molar-refractivity contribution in [3.8, 4) is 0 Å². The number of aromatic nitrogens is 4. The van der Waals surface area contributed by atoms with E-state index in [1.165, 1.54) is 0 Å². The van der Waals surface area contributed by atoms with Crippen LogP contribution in [0.3, 0.4) is 0 Å². The first kappa shape index (κ1) is 15.6. The molecule has 1 fully saturated rings. The van der Waals surface area contributed by atoms with Gasteiger partial charge in [0.05, 0.1) is 17.3 Å². The van der Waals surface area contributed by atoms with Gasteiger partial charge in [-0.1, -0.05) is 18.2 Å². The van der Waals surface area contributed by atoms with Crippen molar-refractivity contribution < 1.29 is 9.59 Å². The van der Waals surface area contributed by atoms with Crippen LogP contribution >= 0.6 is 0 Å². The number of likely N-dealkylation sites (tertiary alicyclic amines) is 1. The standard InChI is InChI=1S/C18H19N5O2/c1-22-11-12(10-19-22)16(24)9-13-5-4-8-23(13)18(25)17-14-6-2-3-7-15(14)20-21-17/h2-3,6-7,10-11,13H,4-5,8-9H2,1H3,(H,20,21)/t13-/m1/s1. The number of rotatable bonds is 4. The lowest BCUT2D eigenvalue weighted by Crippen LogP contribution is -2.37. The number of amides is 1. The number of Topliss-reactive ketones (excluding diaryl/α,β-unsaturated/α-hetero) is 1. The molecule has 3 heterocycles. The van der Waals surface area contributed by atoms with Crippen LogP contribution in [0, 0.1) is 0 Å². The number of nitrogens with zero attached hydrogens (tertiary/aromatic N) is 4. The van der Waals surface area contributed by atoms with Crippen LogP contribution < -0.4 is 0 Å². The molecule has 1 aliphatic rings. The predicted molar refractivity (Wildman–Crippen MR) is 92.3 cm³/mol. The second kappa shape index (κ2) is 6.16. The molecule has 25 heavy (non-hydrogen) atoms.